The zero-order chi connectivity index (χ0) is 45.4. The number of nitrogens with zero attached hydrogens (tertiary/aromatic N) is 2. The fourth-order valence-corrected chi connectivity index (χ4v) is 7.97. The minimum atomic E-state index is -5.09. The zero-order valence-corrected chi connectivity index (χ0v) is 36.9. The molecular weight excluding hydrogens is 846 g/mol. The van der Waals surface area contributed by atoms with Gasteiger partial charge in [-0.05, 0) is 100 Å². The number of rotatable bonds is 13. The van der Waals surface area contributed by atoms with E-state index in [1.54, 1.807) is 18.2 Å². The van der Waals surface area contributed by atoms with Gasteiger partial charge in [-0.2, -0.15) is 13.2 Å². The normalized spacial score (nSPS) is 24.1. The number of methoxy groups -OCH3 is 1. The van der Waals surface area contributed by atoms with Crippen LogP contribution in [0.15, 0.2) is 18.2 Å². The zero-order valence-electron chi connectivity index (χ0n) is 35.4. The van der Waals surface area contributed by atoms with E-state index in [1.165, 1.54) is 23.8 Å². The molecule has 1 aromatic rings. The van der Waals surface area contributed by atoms with Crippen LogP contribution in [0.1, 0.15) is 91.0 Å². The Balaban J connectivity index is 1.62. The quantitative estimate of drug-likeness (QED) is 0.199. The number of hydrogen-bond acceptors (Lipinski definition) is 8. The van der Waals surface area contributed by atoms with Gasteiger partial charge in [0.15, 0.2) is 0 Å². The molecule has 5 N–H and O–H groups in total. The summed E-state index contributed by atoms with van der Waals surface area (Å²) in [7, 11) is 2.11. The van der Waals surface area contributed by atoms with Crippen LogP contribution in [0.2, 0.25) is 10.0 Å². The molecule has 0 radical (unpaired) electrons. The highest BCUT2D eigenvalue weighted by Crippen LogP contribution is 2.35. The van der Waals surface area contributed by atoms with E-state index >= 15 is 0 Å². The Kier molecular flexibility index (Phi) is 17.3. The van der Waals surface area contributed by atoms with Gasteiger partial charge < -0.3 is 41.1 Å². The number of halogens is 5. The minimum absolute atomic E-state index is 0.0676. The molecule has 7 amide bonds. The first-order chi connectivity index (χ1) is 28.6. The van der Waals surface area contributed by atoms with Gasteiger partial charge >= 0.3 is 6.18 Å². The smallest absolute Gasteiger partial charge is 0.361 e. The van der Waals surface area contributed by atoms with Crippen molar-refractivity contribution in [1.29, 1.82) is 0 Å². The summed E-state index contributed by atoms with van der Waals surface area (Å²) in [6, 6.07) is -2.23. The summed E-state index contributed by atoms with van der Waals surface area (Å²) in [6.45, 7) is 6.22. The van der Waals surface area contributed by atoms with Crippen molar-refractivity contribution in [1.82, 2.24) is 36.4 Å². The van der Waals surface area contributed by atoms with Crippen molar-refractivity contribution in [2.24, 2.45) is 11.8 Å². The van der Waals surface area contributed by atoms with Crippen molar-refractivity contribution < 1.29 is 51.5 Å². The monoisotopic (exact) mass is 903 g/mol. The first kappa shape index (κ1) is 49.5. The molecule has 1 saturated carbocycles. The second-order valence-electron chi connectivity index (χ2n) is 16.6. The van der Waals surface area contributed by atoms with Crippen LogP contribution in [-0.2, 0) is 44.7 Å². The van der Waals surface area contributed by atoms with Crippen LogP contribution in [-0.4, -0.2) is 126 Å². The Morgan fingerprint density at radius 3 is 2.23 bits per heavy atom. The third kappa shape index (κ3) is 12.5. The number of likely N-dealkylation sites (N-methyl/N-ethyl adjacent to an activating group) is 1. The second kappa shape index (κ2) is 21.3. The van der Waals surface area contributed by atoms with E-state index in [-0.39, 0.29) is 50.0 Å². The lowest BCUT2D eigenvalue weighted by molar-refractivity contribution is -0.254. The van der Waals surface area contributed by atoms with Crippen LogP contribution in [0.4, 0.5) is 13.2 Å². The van der Waals surface area contributed by atoms with Crippen molar-refractivity contribution in [2.75, 3.05) is 27.2 Å². The summed E-state index contributed by atoms with van der Waals surface area (Å²) in [6.07, 6.45) is -2.24. The predicted molar refractivity (Wildman–Crippen MR) is 220 cm³/mol. The molecule has 3 fully saturated rings. The van der Waals surface area contributed by atoms with E-state index in [9.17, 15) is 46.7 Å². The maximum absolute atomic E-state index is 14.3. The van der Waals surface area contributed by atoms with Gasteiger partial charge in [0.2, 0.25) is 41.0 Å². The highest BCUT2D eigenvalue weighted by atomic mass is 35.5. The van der Waals surface area contributed by atoms with Crippen LogP contribution < -0.4 is 26.6 Å². The molecule has 1 aromatic carbocycles. The van der Waals surface area contributed by atoms with Crippen LogP contribution in [0.3, 0.4) is 0 Å². The molecule has 1 aliphatic carbocycles. The van der Waals surface area contributed by atoms with Crippen molar-refractivity contribution in [3.63, 3.8) is 0 Å². The fourth-order valence-electron chi connectivity index (χ4n) is 7.58. The molecule has 0 aromatic heterocycles. The summed E-state index contributed by atoms with van der Waals surface area (Å²) in [4.78, 5) is 99.5. The summed E-state index contributed by atoms with van der Waals surface area (Å²) < 4.78 is 45.7. The van der Waals surface area contributed by atoms with Gasteiger partial charge in [-0.15, -0.1) is 0 Å². The van der Waals surface area contributed by atoms with Gasteiger partial charge in [-0.25, -0.2) is 0 Å². The SMILES string of the molecule is CC[C@H](NC(=O)C(C)(OC)C(F)(F)F)C(=O)N[C@H](C(=O)N(C)[C@H]1CCCCNC(=O)[C@H]2CCCN2C(=O)[C@H](Cc2cc(Cl)ccc2Cl)NC(=O)[C@H](CC(C)C)NC1=O)C1CC1. The van der Waals surface area contributed by atoms with Crippen LogP contribution >= 0.6 is 23.2 Å². The average molecular weight is 905 g/mol. The predicted octanol–water partition coefficient (Wildman–Crippen LogP) is 3.43. The second-order valence-corrected chi connectivity index (χ2v) is 17.5. The van der Waals surface area contributed by atoms with E-state index in [2.05, 4.69) is 31.3 Å². The number of carbonyl (C=O) groups excluding carboxylic acids is 7. The molecule has 20 heteroatoms. The number of nitrogens with one attached hydrogen (secondary N) is 5. The van der Waals surface area contributed by atoms with E-state index in [1.807, 2.05) is 13.8 Å². The lowest BCUT2D eigenvalue weighted by Gasteiger charge is -2.34. The molecule has 2 heterocycles. The van der Waals surface area contributed by atoms with Gasteiger partial charge in [0.25, 0.3) is 5.91 Å². The molecule has 61 heavy (non-hydrogen) atoms. The average Bonchev–Trinajstić information content (AvgIpc) is 3.93. The molecule has 1 unspecified atom stereocenters. The van der Waals surface area contributed by atoms with Crippen molar-refractivity contribution >= 4 is 64.6 Å². The molecule has 0 spiro atoms. The molecule has 2 saturated heterocycles. The van der Waals surface area contributed by atoms with Gasteiger partial charge in [-0.1, -0.05) is 44.0 Å². The Bertz CT molecular complexity index is 1800. The van der Waals surface area contributed by atoms with Gasteiger partial charge in [0.05, 0.1) is 0 Å². The van der Waals surface area contributed by atoms with Crippen molar-refractivity contribution in [3.8, 4) is 0 Å². The first-order valence-electron chi connectivity index (χ1n) is 20.8. The topological polar surface area (TPSA) is 195 Å². The fraction of sp³-hybridized carbons (Fsp3) is 0.683. The molecule has 340 valence electrons. The Hall–Kier alpha value is -4.16. The van der Waals surface area contributed by atoms with E-state index in [0.717, 1.165) is 7.11 Å². The van der Waals surface area contributed by atoms with Gasteiger partial charge in [0, 0.05) is 43.7 Å². The van der Waals surface area contributed by atoms with Crippen LogP contribution in [0.5, 0.6) is 0 Å². The number of amides is 7. The molecule has 2 aliphatic heterocycles. The number of benzene rings is 1. The first-order valence-corrected chi connectivity index (χ1v) is 21.5. The largest absolute Gasteiger partial charge is 0.426 e. The Morgan fingerprint density at radius 1 is 0.951 bits per heavy atom. The number of ether oxygens (including phenoxy) is 1. The van der Waals surface area contributed by atoms with Gasteiger partial charge in [0.1, 0.15) is 36.3 Å². The summed E-state index contributed by atoms with van der Waals surface area (Å²) in [5.41, 5.74) is -2.76. The molecule has 4 rings (SSSR count). The molecule has 7 atom stereocenters. The van der Waals surface area contributed by atoms with Gasteiger partial charge in [-0.3, -0.25) is 33.6 Å². The van der Waals surface area contributed by atoms with Crippen molar-refractivity contribution in [2.45, 2.75) is 140 Å². The standard InChI is InChI=1S/C41H58Cl2F3N7O8/c1-7-27(50-39(60)40(4,61-6)41(44,45)46)33(54)51-32(23-13-14-23)38(59)52(5)30-11-8-9-17-47-35(56)31-12-10-18-53(31)37(58)29(21-24-20-25(42)15-16-26(24)43)49-34(55)28(19-22(2)3)48-36(30)57/h15-16,20,22-23,27-32H,7-14,17-19,21H2,1-6H3,(H,47,56)(H,48,57)(H,49,55)(H,50,60)(H,51,54)/t27-,28-,29-,30-,31+,32-,40?/m0/s1. The van der Waals surface area contributed by atoms with E-state index in [4.69, 9.17) is 23.2 Å². The molecular formula is C41H58Cl2F3N7O8. The third-order valence-electron chi connectivity index (χ3n) is 11.6. The van der Waals surface area contributed by atoms with Crippen LogP contribution in [0.25, 0.3) is 0 Å². The third-order valence-corrected chi connectivity index (χ3v) is 12.2. The maximum Gasteiger partial charge on any atom is 0.426 e. The number of carbonyl (C=O) groups is 7. The maximum atomic E-state index is 14.3. The molecule has 15 nitrogen and oxygen atoms in total. The Labute approximate surface area is 364 Å². The van der Waals surface area contributed by atoms with Crippen molar-refractivity contribution in [3.05, 3.63) is 33.8 Å². The van der Waals surface area contributed by atoms with E-state index < -0.39 is 83.5 Å². The summed E-state index contributed by atoms with van der Waals surface area (Å²) in [5.74, 6) is -5.84. The number of fused-ring (bicyclic) bond motifs is 1. The number of hydrogen-bond donors (Lipinski definition) is 5. The minimum Gasteiger partial charge on any atom is -0.361 e. The van der Waals surface area contributed by atoms with E-state index in [0.29, 0.717) is 67.6 Å². The lowest BCUT2D eigenvalue weighted by Crippen LogP contribution is -2.62. The molecule has 3 aliphatic rings. The molecule has 0 bridgehead atoms. The lowest BCUT2D eigenvalue weighted by atomic mass is 9.99. The highest BCUT2D eigenvalue weighted by Gasteiger charge is 2.58. The van der Waals surface area contributed by atoms with Crippen LogP contribution in [0, 0.1) is 11.8 Å². The Morgan fingerprint density at radius 2 is 1.62 bits per heavy atom. The number of alkyl halides is 3. The summed E-state index contributed by atoms with van der Waals surface area (Å²) >= 11 is 12.8. The highest BCUT2D eigenvalue weighted by molar-refractivity contribution is 6.33. The summed E-state index contributed by atoms with van der Waals surface area (Å²) in [5, 5.41) is 13.9.